The SMILES string of the molecule is Cc1c(N)cc(C(F)(F)F)c(I)c1N. The molecule has 1 rings (SSSR count). The fourth-order valence-corrected chi connectivity index (χ4v) is 1.86. The second-order valence-electron chi connectivity index (χ2n) is 2.86. The molecule has 0 heterocycles. The fraction of sp³-hybridized carbons (Fsp3) is 0.250. The van der Waals surface area contributed by atoms with Crippen LogP contribution in [0.4, 0.5) is 24.5 Å². The summed E-state index contributed by atoms with van der Waals surface area (Å²) in [7, 11) is 0. The zero-order valence-corrected chi connectivity index (χ0v) is 9.40. The minimum Gasteiger partial charge on any atom is -0.398 e. The van der Waals surface area contributed by atoms with E-state index in [4.69, 9.17) is 11.5 Å². The molecule has 0 aliphatic carbocycles. The molecule has 0 spiro atoms. The van der Waals surface area contributed by atoms with Gasteiger partial charge in [0.2, 0.25) is 0 Å². The summed E-state index contributed by atoms with van der Waals surface area (Å²) >= 11 is 1.57. The Morgan fingerprint density at radius 3 is 2.21 bits per heavy atom. The molecule has 14 heavy (non-hydrogen) atoms. The average Bonchev–Trinajstić information content (AvgIpc) is 2.06. The van der Waals surface area contributed by atoms with Crippen molar-refractivity contribution in [2.75, 3.05) is 11.5 Å². The molecule has 0 amide bonds. The first-order valence-corrected chi connectivity index (χ1v) is 4.74. The number of hydrogen-bond donors (Lipinski definition) is 2. The van der Waals surface area contributed by atoms with E-state index in [0.717, 1.165) is 6.07 Å². The van der Waals surface area contributed by atoms with E-state index >= 15 is 0 Å². The molecule has 0 atom stereocenters. The van der Waals surface area contributed by atoms with Gasteiger partial charge in [-0.1, -0.05) is 0 Å². The lowest BCUT2D eigenvalue weighted by Crippen LogP contribution is -2.11. The Morgan fingerprint density at radius 2 is 1.79 bits per heavy atom. The lowest BCUT2D eigenvalue weighted by Gasteiger charge is -2.14. The van der Waals surface area contributed by atoms with Crippen LogP contribution in [-0.2, 0) is 6.18 Å². The third-order valence-corrected chi connectivity index (χ3v) is 3.08. The number of benzene rings is 1. The molecule has 0 saturated heterocycles. The normalized spacial score (nSPS) is 11.8. The number of nitrogen functional groups attached to an aromatic ring is 2. The number of nitrogens with two attached hydrogens (primary N) is 2. The summed E-state index contributed by atoms with van der Waals surface area (Å²) in [4.78, 5) is 0. The first-order chi connectivity index (χ1) is 6.25. The van der Waals surface area contributed by atoms with Crippen LogP contribution in [0.25, 0.3) is 0 Å². The summed E-state index contributed by atoms with van der Waals surface area (Å²) in [5.74, 6) is 0. The molecule has 1 aromatic rings. The van der Waals surface area contributed by atoms with Crippen LogP contribution in [0.15, 0.2) is 6.07 Å². The van der Waals surface area contributed by atoms with Gasteiger partial charge in [0.25, 0.3) is 0 Å². The van der Waals surface area contributed by atoms with Gasteiger partial charge in [-0.15, -0.1) is 0 Å². The van der Waals surface area contributed by atoms with Crippen LogP contribution in [0.3, 0.4) is 0 Å². The highest BCUT2D eigenvalue weighted by Gasteiger charge is 2.34. The van der Waals surface area contributed by atoms with Crippen molar-refractivity contribution in [3.05, 3.63) is 20.8 Å². The average molecular weight is 316 g/mol. The van der Waals surface area contributed by atoms with Crippen molar-refractivity contribution in [1.29, 1.82) is 0 Å². The smallest absolute Gasteiger partial charge is 0.398 e. The van der Waals surface area contributed by atoms with Crippen LogP contribution in [-0.4, -0.2) is 0 Å². The van der Waals surface area contributed by atoms with Gasteiger partial charge in [0.05, 0.1) is 11.3 Å². The summed E-state index contributed by atoms with van der Waals surface area (Å²) in [6.07, 6.45) is -4.41. The second-order valence-corrected chi connectivity index (χ2v) is 3.94. The fourth-order valence-electron chi connectivity index (χ4n) is 0.999. The Morgan fingerprint density at radius 1 is 1.29 bits per heavy atom. The van der Waals surface area contributed by atoms with Crippen LogP contribution in [0, 0.1) is 10.5 Å². The maximum Gasteiger partial charge on any atom is 0.417 e. The highest BCUT2D eigenvalue weighted by Crippen LogP contribution is 2.38. The largest absolute Gasteiger partial charge is 0.417 e. The van der Waals surface area contributed by atoms with Crippen molar-refractivity contribution in [3.8, 4) is 0 Å². The molecule has 0 unspecified atom stereocenters. The quantitative estimate of drug-likeness (QED) is 0.571. The predicted molar refractivity (Wildman–Crippen MR) is 57.7 cm³/mol. The predicted octanol–water partition coefficient (Wildman–Crippen LogP) is 2.78. The summed E-state index contributed by atoms with van der Waals surface area (Å²) in [5, 5.41) is 0. The molecule has 0 aliphatic rings. The monoisotopic (exact) mass is 316 g/mol. The molecule has 6 heteroatoms. The lowest BCUT2D eigenvalue weighted by atomic mass is 10.1. The number of alkyl halides is 3. The number of anilines is 2. The summed E-state index contributed by atoms with van der Waals surface area (Å²) in [6.45, 7) is 1.59. The third-order valence-electron chi connectivity index (χ3n) is 1.92. The third kappa shape index (κ3) is 1.89. The molecule has 4 N–H and O–H groups in total. The highest BCUT2D eigenvalue weighted by molar-refractivity contribution is 14.1. The van der Waals surface area contributed by atoms with E-state index in [9.17, 15) is 13.2 Å². The first kappa shape index (κ1) is 11.4. The van der Waals surface area contributed by atoms with E-state index in [2.05, 4.69) is 0 Å². The molecule has 0 aliphatic heterocycles. The number of halogens is 4. The van der Waals surface area contributed by atoms with Gasteiger partial charge in [0.1, 0.15) is 0 Å². The van der Waals surface area contributed by atoms with Gasteiger partial charge in [-0.25, -0.2) is 0 Å². The van der Waals surface area contributed by atoms with Crippen LogP contribution in [0.2, 0.25) is 0 Å². The molecule has 1 aromatic carbocycles. The molecular weight excluding hydrogens is 308 g/mol. The van der Waals surface area contributed by atoms with Crippen molar-refractivity contribution in [2.24, 2.45) is 0 Å². The topological polar surface area (TPSA) is 52.0 Å². The Bertz CT molecular complexity index is 374. The zero-order valence-electron chi connectivity index (χ0n) is 7.24. The molecule has 0 radical (unpaired) electrons. The van der Waals surface area contributed by atoms with E-state index in [1.54, 1.807) is 29.5 Å². The Balaban J connectivity index is 3.49. The van der Waals surface area contributed by atoms with Crippen molar-refractivity contribution in [3.63, 3.8) is 0 Å². The van der Waals surface area contributed by atoms with Gasteiger partial charge in [0.15, 0.2) is 0 Å². The Kier molecular flexibility index (Phi) is 2.84. The van der Waals surface area contributed by atoms with E-state index in [1.807, 2.05) is 0 Å². The molecule has 0 bridgehead atoms. The molecular formula is C8H8F3IN2. The van der Waals surface area contributed by atoms with Crippen molar-refractivity contribution >= 4 is 34.0 Å². The van der Waals surface area contributed by atoms with Crippen LogP contribution in [0.1, 0.15) is 11.1 Å². The molecule has 0 saturated carbocycles. The Hall–Kier alpha value is -0.660. The van der Waals surface area contributed by atoms with Crippen molar-refractivity contribution < 1.29 is 13.2 Å². The van der Waals surface area contributed by atoms with E-state index in [-0.39, 0.29) is 14.9 Å². The van der Waals surface area contributed by atoms with E-state index < -0.39 is 11.7 Å². The zero-order chi connectivity index (χ0) is 11.1. The van der Waals surface area contributed by atoms with Gasteiger partial charge in [-0.3, -0.25) is 0 Å². The second kappa shape index (κ2) is 3.48. The standard InChI is InChI=1S/C8H8F3IN2/c1-3-5(13)2-4(8(9,10)11)6(12)7(3)14/h2H,13-14H2,1H3. The van der Waals surface area contributed by atoms with Gasteiger partial charge in [-0.05, 0) is 41.1 Å². The molecule has 78 valence electrons. The molecule has 0 fully saturated rings. The number of hydrogen-bond acceptors (Lipinski definition) is 2. The van der Waals surface area contributed by atoms with Crippen LogP contribution >= 0.6 is 22.6 Å². The van der Waals surface area contributed by atoms with E-state index in [0.29, 0.717) is 5.56 Å². The minimum atomic E-state index is -4.41. The molecule has 2 nitrogen and oxygen atoms in total. The molecule has 0 aromatic heterocycles. The van der Waals surface area contributed by atoms with Crippen molar-refractivity contribution in [2.45, 2.75) is 13.1 Å². The van der Waals surface area contributed by atoms with Gasteiger partial charge in [0, 0.05) is 9.26 Å². The maximum atomic E-state index is 12.4. The van der Waals surface area contributed by atoms with Gasteiger partial charge >= 0.3 is 6.18 Å². The Labute approximate surface area is 92.6 Å². The highest BCUT2D eigenvalue weighted by atomic mass is 127. The minimum absolute atomic E-state index is 0.00167. The first-order valence-electron chi connectivity index (χ1n) is 3.66. The van der Waals surface area contributed by atoms with Crippen LogP contribution < -0.4 is 11.5 Å². The van der Waals surface area contributed by atoms with Gasteiger partial charge < -0.3 is 11.5 Å². The summed E-state index contributed by atoms with van der Waals surface area (Å²) in [5.41, 5.74) is 10.8. The van der Waals surface area contributed by atoms with Crippen LogP contribution in [0.5, 0.6) is 0 Å². The maximum absolute atomic E-state index is 12.4. The van der Waals surface area contributed by atoms with E-state index in [1.165, 1.54) is 0 Å². The lowest BCUT2D eigenvalue weighted by molar-refractivity contribution is -0.138. The van der Waals surface area contributed by atoms with Gasteiger partial charge in [-0.2, -0.15) is 13.2 Å². The van der Waals surface area contributed by atoms with Crippen molar-refractivity contribution in [1.82, 2.24) is 0 Å². The summed E-state index contributed by atoms with van der Waals surface area (Å²) < 4.78 is 37.3. The number of rotatable bonds is 0. The summed E-state index contributed by atoms with van der Waals surface area (Å²) in [6, 6.07) is 0.910.